The van der Waals surface area contributed by atoms with Crippen LogP contribution in [-0.2, 0) is 11.3 Å². The molecule has 0 spiro atoms. The highest BCUT2D eigenvalue weighted by molar-refractivity contribution is 5.90. The van der Waals surface area contributed by atoms with Gasteiger partial charge in [-0.25, -0.2) is 9.78 Å². The summed E-state index contributed by atoms with van der Waals surface area (Å²) in [7, 11) is 0. The summed E-state index contributed by atoms with van der Waals surface area (Å²) < 4.78 is 13.1. The smallest absolute Gasteiger partial charge is 0.410 e. The molecule has 2 aromatic heterocycles. The van der Waals surface area contributed by atoms with Crippen LogP contribution in [0.1, 0.15) is 62.2 Å². The first-order valence-electron chi connectivity index (χ1n) is 12.0. The topological polar surface area (TPSA) is 115 Å². The van der Waals surface area contributed by atoms with Gasteiger partial charge < -0.3 is 19.4 Å². The molecule has 3 aromatic rings. The Balaban J connectivity index is 1.26. The molecule has 0 bridgehead atoms. The van der Waals surface area contributed by atoms with Crippen LogP contribution in [0.3, 0.4) is 0 Å². The maximum absolute atomic E-state index is 12.9. The monoisotopic (exact) mass is 478 g/mol. The van der Waals surface area contributed by atoms with E-state index in [9.17, 15) is 9.59 Å². The normalized spacial score (nSPS) is 20.1. The van der Waals surface area contributed by atoms with Crippen LogP contribution in [0.2, 0.25) is 0 Å². The summed E-state index contributed by atoms with van der Waals surface area (Å²) >= 11 is 0. The number of hydrogen-bond acceptors (Lipinski definition) is 7. The van der Waals surface area contributed by atoms with Crippen LogP contribution < -0.4 is 5.32 Å². The van der Waals surface area contributed by atoms with E-state index in [4.69, 9.17) is 9.15 Å². The van der Waals surface area contributed by atoms with E-state index in [2.05, 4.69) is 32.7 Å². The van der Waals surface area contributed by atoms with Gasteiger partial charge in [-0.15, -0.1) is 5.10 Å². The lowest BCUT2D eigenvalue weighted by Gasteiger charge is -2.28. The molecule has 2 atom stereocenters. The predicted octanol–water partition coefficient (Wildman–Crippen LogP) is 3.62. The molecule has 1 saturated heterocycles. The van der Waals surface area contributed by atoms with Crippen molar-refractivity contribution in [3.05, 3.63) is 54.3 Å². The second-order valence-electron chi connectivity index (χ2n) is 10.2. The van der Waals surface area contributed by atoms with E-state index in [0.29, 0.717) is 31.2 Å². The maximum Gasteiger partial charge on any atom is 0.410 e. The second kappa shape index (κ2) is 9.16. The van der Waals surface area contributed by atoms with E-state index < -0.39 is 17.6 Å². The number of benzene rings is 1. The van der Waals surface area contributed by atoms with E-state index in [-0.39, 0.29) is 18.0 Å². The van der Waals surface area contributed by atoms with Gasteiger partial charge in [0.05, 0.1) is 25.0 Å². The summed E-state index contributed by atoms with van der Waals surface area (Å²) in [5, 5.41) is 10.8. The minimum absolute atomic E-state index is 0.000342. The van der Waals surface area contributed by atoms with Gasteiger partial charge in [-0.3, -0.25) is 9.48 Å². The highest BCUT2D eigenvalue weighted by Crippen LogP contribution is 2.41. The molecule has 184 valence electrons. The zero-order valence-corrected chi connectivity index (χ0v) is 20.2. The van der Waals surface area contributed by atoms with Crippen LogP contribution in [0.5, 0.6) is 0 Å². The van der Waals surface area contributed by atoms with Gasteiger partial charge in [0.15, 0.2) is 5.76 Å². The van der Waals surface area contributed by atoms with Gasteiger partial charge in [-0.2, -0.15) is 0 Å². The summed E-state index contributed by atoms with van der Waals surface area (Å²) in [6.45, 7) is 6.25. The average molecular weight is 479 g/mol. The van der Waals surface area contributed by atoms with Crippen molar-refractivity contribution >= 4 is 12.0 Å². The Bertz CT molecular complexity index is 1190. The Hall–Kier alpha value is -3.69. The van der Waals surface area contributed by atoms with E-state index in [1.165, 1.54) is 18.4 Å². The molecular formula is C25H30N6O4. The highest BCUT2D eigenvalue weighted by Gasteiger charge is 2.39. The fourth-order valence-electron chi connectivity index (χ4n) is 4.41. The van der Waals surface area contributed by atoms with Crippen LogP contribution in [0, 0.1) is 0 Å². The second-order valence-corrected chi connectivity index (χ2v) is 10.2. The third-order valence-corrected chi connectivity index (χ3v) is 6.17. The first kappa shape index (κ1) is 23.1. The van der Waals surface area contributed by atoms with Crippen molar-refractivity contribution in [2.45, 2.75) is 70.2 Å². The molecule has 2 amide bonds. The predicted molar refractivity (Wildman–Crippen MR) is 127 cm³/mol. The lowest BCUT2D eigenvalue weighted by Crippen LogP contribution is -2.43. The standard InChI is InChI=1S/C25H30N6O4/c1-25(2,3)35-24(33)31-14-19(12-20(31)15-30-10-9-27-29-30)28-22(32)23-26-13-21(34-23)18-6-4-5-17(11-18)16-7-8-16/h4-6,9-11,13,16,19-20H,7-8,12,14-15H2,1-3H3,(H,28,32)/t19?,20-/m1/s1. The van der Waals surface area contributed by atoms with E-state index >= 15 is 0 Å². The highest BCUT2D eigenvalue weighted by atomic mass is 16.6. The van der Waals surface area contributed by atoms with Crippen molar-refractivity contribution < 1.29 is 18.7 Å². The Labute approximate surface area is 203 Å². The van der Waals surface area contributed by atoms with Gasteiger partial charge in [0.25, 0.3) is 5.89 Å². The molecule has 3 heterocycles. The number of oxazole rings is 1. The number of nitrogens with one attached hydrogen (secondary N) is 1. The first-order chi connectivity index (χ1) is 16.7. The largest absolute Gasteiger partial charge is 0.444 e. The van der Waals surface area contributed by atoms with Crippen LogP contribution >= 0.6 is 0 Å². The number of likely N-dealkylation sites (tertiary alicyclic amines) is 1. The number of ether oxygens (including phenoxy) is 1. The fraction of sp³-hybridized carbons (Fsp3) is 0.480. The minimum atomic E-state index is -0.623. The SMILES string of the molecule is CC(C)(C)OC(=O)N1CC(NC(=O)c2ncc(-c3cccc(C4CC4)c3)o2)C[C@@H]1Cn1ccnn1. The molecule has 10 heteroatoms. The number of hydrogen-bond donors (Lipinski definition) is 1. The zero-order valence-electron chi connectivity index (χ0n) is 20.2. The molecule has 0 radical (unpaired) electrons. The van der Waals surface area contributed by atoms with Crippen LogP contribution in [0.4, 0.5) is 4.79 Å². The fourth-order valence-corrected chi connectivity index (χ4v) is 4.41. The summed E-state index contributed by atoms with van der Waals surface area (Å²) in [5.74, 6) is 0.774. The number of carbonyl (C=O) groups excluding carboxylic acids is 2. The zero-order chi connectivity index (χ0) is 24.6. The molecule has 2 fully saturated rings. The Morgan fingerprint density at radius 2 is 2.09 bits per heavy atom. The van der Waals surface area contributed by atoms with E-state index in [0.717, 1.165) is 5.56 Å². The number of carbonyl (C=O) groups is 2. The molecule has 1 unspecified atom stereocenters. The maximum atomic E-state index is 12.9. The number of amides is 2. The summed E-state index contributed by atoms with van der Waals surface area (Å²) in [5.41, 5.74) is 1.57. The quantitative estimate of drug-likeness (QED) is 0.575. The van der Waals surface area contributed by atoms with Gasteiger partial charge in [0.1, 0.15) is 5.60 Å². The van der Waals surface area contributed by atoms with Crippen LogP contribution in [0.25, 0.3) is 11.3 Å². The van der Waals surface area contributed by atoms with E-state index in [1.807, 2.05) is 32.9 Å². The Morgan fingerprint density at radius 3 is 2.80 bits per heavy atom. The molecular weight excluding hydrogens is 448 g/mol. The first-order valence-corrected chi connectivity index (χ1v) is 12.0. The minimum Gasteiger partial charge on any atom is -0.444 e. The van der Waals surface area contributed by atoms with Crippen molar-refractivity contribution in [3.8, 4) is 11.3 Å². The third kappa shape index (κ3) is 5.52. The average Bonchev–Trinajstić information content (AvgIpc) is 3.18. The molecule has 1 saturated carbocycles. The van der Waals surface area contributed by atoms with Crippen molar-refractivity contribution in [1.82, 2.24) is 30.2 Å². The lowest BCUT2D eigenvalue weighted by atomic mass is 10.1. The summed E-state index contributed by atoms with van der Waals surface area (Å²) in [6.07, 6.45) is 7.46. The molecule has 5 rings (SSSR count). The van der Waals surface area contributed by atoms with Crippen molar-refractivity contribution in [1.29, 1.82) is 0 Å². The molecule has 1 aromatic carbocycles. The van der Waals surface area contributed by atoms with Gasteiger partial charge >= 0.3 is 12.0 Å². The number of nitrogens with zero attached hydrogens (tertiary/aromatic N) is 5. The summed E-state index contributed by atoms with van der Waals surface area (Å²) in [6, 6.07) is 7.70. The van der Waals surface area contributed by atoms with Gasteiger partial charge in [-0.1, -0.05) is 23.4 Å². The summed E-state index contributed by atoms with van der Waals surface area (Å²) in [4.78, 5) is 31.6. The molecule has 1 N–H and O–H groups in total. The van der Waals surface area contributed by atoms with Gasteiger partial charge in [0.2, 0.25) is 0 Å². The molecule has 1 aliphatic carbocycles. The molecule has 2 aliphatic rings. The van der Waals surface area contributed by atoms with Crippen molar-refractivity contribution in [2.24, 2.45) is 0 Å². The van der Waals surface area contributed by atoms with Crippen molar-refractivity contribution in [2.75, 3.05) is 6.54 Å². The lowest BCUT2D eigenvalue weighted by molar-refractivity contribution is 0.0207. The van der Waals surface area contributed by atoms with Gasteiger partial charge in [-0.05, 0) is 57.6 Å². The molecule has 10 nitrogen and oxygen atoms in total. The van der Waals surface area contributed by atoms with Crippen molar-refractivity contribution in [3.63, 3.8) is 0 Å². The van der Waals surface area contributed by atoms with Crippen LogP contribution in [-0.4, -0.2) is 61.1 Å². The third-order valence-electron chi connectivity index (χ3n) is 6.17. The number of rotatable bonds is 6. The molecule has 1 aliphatic heterocycles. The Kier molecular flexibility index (Phi) is 6.04. The molecule has 35 heavy (non-hydrogen) atoms. The van der Waals surface area contributed by atoms with Gasteiger partial charge in [0, 0.05) is 24.3 Å². The van der Waals surface area contributed by atoms with Crippen LogP contribution in [0.15, 0.2) is 47.3 Å². The Morgan fingerprint density at radius 1 is 1.26 bits per heavy atom. The number of aromatic nitrogens is 4. The van der Waals surface area contributed by atoms with E-state index in [1.54, 1.807) is 28.2 Å².